The first-order chi connectivity index (χ1) is 12.4. The van der Waals surface area contributed by atoms with E-state index in [1.807, 2.05) is 31.2 Å². The monoisotopic (exact) mass is 392 g/mol. The fourth-order valence-electron chi connectivity index (χ4n) is 2.95. The minimum atomic E-state index is -3.42. The van der Waals surface area contributed by atoms with Crippen LogP contribution in [0, 0.1) is 6.92 Å². The second kappa shape index (κ2) is 8.33. The topological polar surface area (TPSA) is 66.5 Å². The number of nitrogens with one attached hydrogen (secondary N) is 1. The van der Waals surface area contributed by atoms with E-state index in [1.165, 1.54) is 16.9 Å². The lowest BCUT2D eigenvalue weighted by Crippen LogP contribution is -2.35. The Labute approximate surface area is 159 Å². The largest absolute Gasteiger partial charge is 0.352 e. The molecule has 7 heteroatoms. The first-order valence-electron chi connectivity index (χ1n) is 8.86. The van der Waals surface area contributed by atoms with Crippen molar-refractivity contribution in [3.63, 3.8) is 0 Å². The van der Waals surface area contributed by atoms with Crippen molar-refractivity contribution in [1.82, 2.24) is 9.62 Å². The molecule has 140 valence electrons. The van der Waals surface area contributed by atoms with Gasteiger partial charge < -0.3 is 5.32 Å². The summed E-state index contributed by atoms with van der Waals surface area (Å²) in [5.41, 5.74) is 2.23. The number of carbonyl (C=O) groups is 1. The molecule has 0 unspecified atom stereocenters. The molecule has 26 heavy (non-hydrogen) atoms. The van der Waals surface area contributed by atoms with Gasteiger partial charge in [0.15, 0.2) is 0 Å². The molecule has 1 aliphatic heterocycles. The Kier molecular flexibility index (Phi) is 6.11. The van der Waals surface area contributed by atoms with Crippen molar-refractivity contribution in [3.8, 4) is 0 Å². The van der Waals surface area contributed by atoms with Crippen molar-refractivity contribution in [1.29, 1.82) is 0 Å². The number of rotatable bonds is 6. The molecule has 1 amide bonds. The standard InChI is InChI=1S/C19H24N2O3S2/c1-15-5-7-16(8-6-15)14-20-18(22)13-17-9-10-19(25-17)26(23,24)21-11-3-2-4-12-21/h5-10H,2-4,11-14H2,1H3,(H,20,22). The Morgan fingerprint density at radius 2 is 1.77 bits per heavy atom. The van der Waals surface area contributed by atoms with Crippen LogP contribution in [0.25, 0.3) is 0 Å². The highest BCUT2D eigenvalue weighted by atomic mass is 32.2. The summed E-state index contributed by atoms with van der Waals surface area (Å²) in [6.45, 7) is 3.68. The van der Waals surface area contributed by atoms with Gasteiger partial charge in [-0.1, -0.05) is 36.2 Å². The molecule has 0 radical (unpaired) electrons. The zero-order valence-electron chi connectivity index (χ0n) is 14.9. The van der Waals surface area contributed by atoms with Gasteiger partial charge in [0.1, 0.15) is 4.21 Å². The van der Waals surface area contributed by atoms with E-state index < -0.39 is 10.0 Å². The molecule has 5 nitrogen and oxygen atoms in total. The van der Waals surface area contributed by atoms with Gasteiger partial charge in [0.05, 0.1) is 6.42 Å². The Morgan fingerprint density at radius 3 is 2.46 bits per heavy atom. The molecule has 0 bridgehead atoms. The second-order valence-electron chi connectivity index (χ2n) is 6.62. The number of hydrogen-bond donors (Lipinski definition) is 1. The molecular weight excluding hydrogens is 368 g/mol. The number of sulfonamides is 1. The molecule has 2 aromatic rings. The number of carbonyl (C=O) groups excluding carboxylic acids is 1. The van der Waals surface area contributed by atoms with Gasteiger partial charge in [0, 0.05) is 24.5 Å². The second-order valence-corrected chi connectivity index (χ2v) is 9.96. The van der Waals surface area contributed by atoms with Crippen LogP contribution < -0.4 is 5.32 Å². The molecule has 0 atom stereocenters. The van der Waals surface area contributed by atoms with E-state index in [4.69, 9.17) is 0 Å². The normalized spacial score (nSPS) is 15.7. The molecule has 1 N–H and O–H groups in total. The third-order valence-electron chi connectivity index (χ3n) is 4.49. The lowest BCUT2D eigenvalue weighted by Gasteiger charge is -2.25. The summed E-state index contributed by atoms with van der Waals surface area (Å²) in [6.07, 6.45) is 3.12. The molecule has 0 spiro atoms. The molecule has 1 aromatic heterocycles. The maximum Gasteiger partial charge on any atom is 0.252 e. The number of benzene rings is 1. The lowest BCUT2D eigenvalue weighted by molar-refractivity contribution is -0.120. The maximum absolute atomic E-state index is 12.7. The number of aryl methyl sites for hydroxylation is 1. The zero-order valence-corrected chi connectivity index (χ0v) is 16.5. The third-order valence-corrected chi connectivity index (χ3v) is 7.94. The fourth-order valence-corrected chi connectivity index (χ4v) is 5.98. The van der Waals surface area contributed by atoms with Crippen LogP contribution in [0.2, 0.25) is 0 Å². The summed E-state index contributed by atoms with van der Waals surface area (Å²) >= 11 is 1.19. The van der Waals surface area contributed by atoms with Crippen LogP contribution in [-0.2, 0) is 27.8 Å². The molecule has 0 saturated carbocycles. The summed E-state index contributed by atoms with van der Waals surface area (Å²) in [5.74, 6) is -0.102. The Morgan fingerprint density at radius 1 is 1.08 bits per heavy atom. The molecule has 1 aromatic carbocycles. The maximum atomic E-state index is 12.7. The van der Waals surface area contributed by atoms with Crippen LogP contribution >= 0.6 is 11.3 Å². The van der Waals surface area contributed by atoms with E-state index in [-0.39, 0.29) is 12.3 Å². The van der Waals surface area contributed by atoms with Gasteiger partial charge in [-0.15, -0.1) is 11.3 Å². The van der Waals surface area contributed by atoms with Gasteiger partial charge >= 0.3 is 0 Å². The van der Waals surface area contributed by atoms with E-state index in [0.717, 1.165) is 29.7 Å². The van der Waals surface area contributed by atoms with Gasteiger partial charge in [-0.05, 0) is 37.5 Å². The van der Waals surface area contributed by atoms with Crippen molar-refractivity contribution in [3.05, 3.63) is 52.4 Å². The molecule has 1 saturated heterocycles. The van der Waals surface area contributed by atoms with E-state index in [0.29, 0.717) is 23.8 Å². The molecule has 1 fully saturated rings. The van der Waals surface area contributed by atoms with Crippen molar-refractivity contribution in [2.24, 2.45) is 0 Å². The van der Waals surface area contributed by atoms with Crippen molar-refractivity contribution < 1.29 is 13.2 Å². The highest BCUT2D eigenvalue weighted by Gasteiger charge is 2.27. The molecular formula is C19H24N2O3S2. The number of hydrogen-bond acceptors (Lipinski definition) is 4. The van der Waals surface area contributed by atoms with E-state index in [9.17, 15) is 13.2 Å². The van der Waals surface area contributed by atoms with Gasteiger partial charge in [0.25, 0.3) is 10.0 Å². The Hall–Kier alpha value is -1.70. The van der Waals surface area contributed by atoms with Crippen LogP contribution in [0.15, 0.2) is 40.6 Å². The minimum Gasteiger partial charge on any atom is -0.352 e. The summed E-state index contributed by atoms with van der Waals surface area (Å²) in [5, 5.41) is 2.89. The van der Waals surface area contributed by atoms with Crippen LogP contribution in [-0.4, -0.2) is 31.7 Å². The molecule has 3 rings (SSSR count). The quantitative estimate of drug-likeness (QED) is 0.821. The first-order valence-corrected chi connectivity index (χ1v) is 11.1. The van der Waals surface area contributed by atoms with E-state index in [1.54, 1.807) is 16.4 Å². The van der Waals surface area contributed by atoms with Gasteiger partial charge in [-0.3, -0.25) is 4.79 Å². The summed E-state index contributed by atoms with van der Waals surface area (Å²) in [6, 6.07) is 11.4. The predicted molar refractivity (Wildman–Crippen MR) is 104 cm³/mol. The fraction of sp³-hybridized carbons (Fsp3) is 0.421. The van der Waals surface area contributed by atoms with Gasteiger partial charge in [0.2, 0.25) is 5.91 Å². The smallest absolute Gasteiger partial charge is 0.252 e. The number of thiophene rings is 1. The Bertz CT molecular complexity index is 851. The van der Waals surface area contributed by atoms with Gasteiger partial charge in [-0.25, -0.2) is 8.42 Å². The molecule has 2 heterocycles. The summed E-state index contributed by atoms with van der Waals surface area (Å²) in [7, 11) is -3.42. The van der Waals surface area contributed by atoms with E-state index >= 15 is 0 Å². The zero-order chi connectivity index (χ0) is 18.6. The van der Waals surface area contributed by atoms with Crippen molar-refractivity contribution in [2.75, 3.05) is 13.1 Å². The van der Waals surface area contributed by atoms with Crippen molar-refractivity contribution >= 4 is 27.3 Å². The van der Waals surface area contributed by atoms with Crippen LogP contribution in [0.3, 0.4) is 0 Å². The average Bonchev–Trinajstić information content (AvgIpc) is 3.11. The van der Waals surface area contributed by atoms with Crippen LogP contribution in [0.4, 0.5) is 0 Å². The number of piperidine rings is 1. The van der Waals surface area contributed by atoms with Gasteiger partial charge in [-0.2, -0.15) is 4.31 Å². The minimum absolute atomic E-state index is 0.102. The molecule has 0 aliphatic carbocycles. The highest BCUT2D eigenvalue weighted by Crippen LogP contribution is 2.27. The highest BCUT2D eigenvalue weighted by molar-refractivity contribution is 7.91. The molecule has 1 aliphatic rings. The lowest BCUT2D eigenvalue weighted by atomic mass is 10.1. The average molecular weight is 393 g/mol. The first kappa shape index (κ1) is 19.1. The van der Waals surface area contributed by atoms with Crippen LogP contribution in [0.5, 0.6) is 0 Å². The predicted octanol–water partition coefficient (Wildman–Crippen LogP) is 3.09. The third kappa shape index (κ3) is 4.72. The van der Waals surface area contributed by atoms with Crippen LogP contribution in [0.1, 0.15) is 35.3 Å². The number of amides is 1. The summed E-state index contributed by atoms with van der Waals surface area (Å²) < 4.78 is 27.2. The Balaban J connectivity index is 1.57. The SMILES string of the molecule is Cc1ccc(CNC(=O)Cc2ccc(S(=O)(=O)N3CCCCC3)s2)cc1. The number of nitrogens with zero attached hydrogens (tertiary/aromatic N) is 1. The summed E-state index contributed by atoms with van der Waals surface area (Å²) in [4.78, 5) is 12.9. The van der Waals surface area contributed by atoms with E-state index in [2.05, 4.69) is 5.32 Å². The van der Waals surface area contributed by atoms with Crippen molar-refractivity contribution in [2.45, 2.75) is 43.4 Å².